The number of carbonyl (C=O) groups is 1. The van der Waals surface area contributed by atoms with Crippen molar-refractivity contribution in [1.82, 2.24) is 19.6 Å². The summed E-state index contributed by atoms with van der Waals surface area (Å²) < 4.78 is 14.2. The second-order valence-electron chi connectivity index (χ2n) is 6.13. The van der Waals surface area contributed by atoms with Crippen molar-refractivity contribution in [2.75, 3.05) is 11.9 Å². The second-order valence-corrected chi connectivity index (χ2v) is 6.13. The SMILES string of the molecule is CCOCn1cc(NC(=O)c2ccn(COc3ccc(C)cc3C)n2)cn1. The van der Waals surface area contributed by atoms with E-state index >= 15 is 0 Å². The Morgan fingerprint density at radius 2 is 2.04 bits per heavy atom. The van der Waals surface area contributed by atoms with E-state index in [1.165, 1.54) is 5.56 Å². The van der Waals surface area contributed by atoms with Crippen molar-refractivity contribution in [3.05, 3.63) is 59.7 Å². The quantitative estimate of drug-likeness (QED) is 0.660. The lowest BCUT2D eigenvalue weighted by atomic mass is 10.1. The van der Waals surface area contributed by atoms with Gasteiger partial charge in [0.25, 0.3) is 5.91 Å². The van der Waals surface area contributed by atoms with Crippen molar-refractivity contribution in [2.45, 2.75) is 34.2 Å². The molecule has 0 aliphatic heterocycles. The minimum atomic E-state index is -0.309. The van der Waals surface area contributed by atoms with E-state index in [-0.39, 0.29) is 12.6 Å². The van der Waals surface area contributed by atoms with E-state index in [1.807, 2.05) is 32.9 Å². The normalized spacial score (nSPS) is 10.8. The minimum absolute atomic E-state index is 0.226. The van der Waals surface area contributed by atoms with Crippen LogP contribution in [0.5, 0.6) is 5.75 Å². The fourth-order valence-corrected chi connectivity index (χ4v) is 2.53. The van der Waals surface area contributed by atoms with Gasteiger partial charge in [0.1, 0.15) is 12.5 Å². The molecule has 1 amide bonds. The van der Waals surface area contributed by atoms with Gasteiger partial charge in [0.2, 0.25) is 0 Å². The number of carbonyl (C=O) groups excluding carboxylic acids is 1. The van der Waals surface area contributed by atoms with Crippen LogP contribution >= 0.6 is 0 Å². The smallest absolute Gasteiger partial charge is 0.276 e. The number of hydrogen-bond donors (Lipinski definition) is 1. The third kappa shape index (κ3) is 4.95. The number of amides is 1. The molecule has 0 atom stereocenters. The Kier molecular flexibility index (Phi) is 5.87. The Balaban J connectivity index is 1.56. The molecule has 0 aliphatic rings. The number of benzene rings is 1. The van der Waals surface area contributed by atoms with Gasteiger partial charge >= 0.3 is 0 Å². The van der Waals surface area contributed by atoms with Gasteiger partial charge in [0.15, 0.2) is 12.4 Å². The fraction of sp³-hybridized carbons (Fsp3) is 0.316. The second kappa shape index (κ2) is 8.50. The third-order valence-electron chi connectivity index (χ3n) is 3.87. The number of rotatable bonds is 8. The van der Waals surface area contributed by atoms with E-state index in [4.69, 9.17) is 9.47 Å². The van der Waals surface area contributed by atoms with Gasteiger partial charge in [0, 0.05) is 12.8 Å². The van der Waals surface area contributed by atoms with E-state index in [2.05, 4.69) is 21.6 Å². The van der Waals surface area contributed by atoms with Gasteiger partial charge < -0.3 is 14.8 Å². The van der Waals surface area contributed by atoms with Crippen molar-refractivity contribution in [1.29, 1.82) is 0 Å². The summed E-state index contributed by atoms with van der Waals surface area (Å²) in [6, 6.07) is 7.63. The molecule has 1 N–H and O–H groups in total. The van der Waals surface area contributed by atoms with Crippen molar-refractivity contribution in [3.8, 4) is 5.75 Å². The van der Waals surface area contributed by atoms with Crippen molar-refractivity contribution < 1.29 is 14.3 Å². The Morgan fingerprint density at radius 1 is 1.19 bits per heavy atom. The summed E-state index contributed by atoms with van der Waals surface area (Å²) in [5.41, 5.74) is 3.13. The zero-order valence-corrected chi connectivity index (χ0v) is 15.7. The standard InChI is InChI=1S/C19H23N5O3/c1-4-26-12-24-11-16(10-20-24)21-19(25)17-7-8-23(22-17)13-27-18-6-5-14(2)9-15(18)3/h5-11H,4,12-13H2,1-3H3,(H,21,25). The summed E-state index contributed by atoms with van der Waals surface area (Å²) in [6.45, 7) is 7.11. The molecule has 0 unspecified atom stereocenters. The van der Waals surface area contributed by atoms with Crippen LogP contribution < -0.4 is 10.1 Å². The van der Waals surface area contributed by atoms with Gasteiger partial charge in [0.05, 0.1) is 18.1 Å². The van der Waals surface area contributed by atoms with Gasteiger partial charge in [-0.3, -0.25) is 4.79 Å². The highest BCUT2D eigenvalue weighted by Gasteiger charge is 2.11. The van der Waals surface area contributed by atoms with E-state index in [0.717, 1.165) is 11.3 Å². The summed E-state index contributed by atoms with van der Waals surface area (Å²) in [5, 5.41) is 11.1. The zero-order chi connectivity index (χ0) is 19.2. The maximum atomic E-state index is 12.3. The first-order valence-corrected chi connectivity index (χ1v) is 8.70. The molecule has 3 rings (SSSR count). The molecule has 1 aromatic carbocycles. The van der Waals surface area contributed by atoms with Crippen molar-refractivity contribution in [2.24, 2.45) is 0 Å². The van der Waals surface area contributed by atoms with E-state index in [1.54, 1.807) is 34.0 Å². The van der Waals surface area contributed by atoms with Gasteiger partial charge in [-0.05, 0) is 38.5 Å². The molecule has 2 aromatic heterocycles. The molecular formula is C19H23N5O3. The van der Waals surface area contributed by atoms with E-state index in [0.29, 0.717) is 24.7 Å². The Morgan fingerprint density at radius 3 is 2.81 bits per heavy atom. The Hall–Kier alpha value is -3.13. The molecule has 0 saturated carbocycles. The molecule has 0 saturated heterocycles. The number of anilines is 1. The van der Waals surface area contributed by atoms with Crippen LogP contribution in [0.2, 0.25) is 0 Å². The molecule has 2 heterocycles. The predicted octanol–water partition coefficient (Wildman–Crippen LogP) is 2.98. The number of nitrogens with one attached hydrogen (secondary N) is 1. The van der Waals surface area contributed by atoms with Crippen LogP contribution in [0.25, 0.3) is 0 Å². The summed E-state index contributed by atoms with van der Waals surface area (Å²) in [4.78, 5) is 12.3. The van der Waals surface area contributed by atoms with E-state index in [9.17, 15) is 4.79 Å². The lowest BCUT2D eigenvalue weighted by Gasteiger charge is -2.09. The zero-order valence-electron chi connectivity index (χ0n) is 15.7. The van der Waals surface area contributed by atoms with Crippen LogP contribution in [0, 0.1) is 13.8 Å². The van der Waals surface area contributed by atoms with Crippen LogP contribution in [0.1, 0.15) is 28.5 Å². The molecule has 0 fully saturated rings. The van der Waals surface area contributed by atoms with Crippen LogP contribution in [0.3, 0.4) is 0 Å². The molecular weight excluding hydrogens is 346 g/mol. The lowest BCUT2D eigenvalue weighted by Crippen LogP contribution is -2.14. The van der Waals surface area contributed by atoms with Crippen LogP contribution in [0.4, 0.5) is 5.69 Å². The van der Waals surface area contributed by atoms with Crippen LogP contribution in [-0.2, 0) is 18.2 Å². The number of nitrogens with zero attached hydrogens (tertiary/aromatic N) is 4. The highest BCUT2D eigenvalue weighted by atomic mass is 16.5. The van der Waals surface area contributed by atoms with Crippen molar-refractivity contribution >= 4 is 11.6 Å². The van der Waals surface area contributed by atoms with Crippen LogP contribution in [-0.4, -0.2) is 32.1 Å². The van der Waals surface area contributed by atoms with Crippen molar-refractivity contribution in [3.63, 3.8) is 0 Å². The predicted molar refractivity (Wildman–Crippen MR) is 101 cm³/mol. The minimum Gasteiger partial charge on any atom is -0.471 e. The Labute approximate surface area is 157 Å². The molecule has 0 bridgehead atoms. The maximum absolute atomic E-state index is 12.3. The molecule has 0 aliphatic carbocycles. The topological polar surface area (TPSA) is 83.2 Å². The monoisotopic (exact) mass is 369 g/mol. The largest absolute Gasteiger partial charge is 0.471 e. The first kappa shape index (κ1) is 18.7. The average molecular weight is 369 g/mol. The van der Waals surface area contributed by atoms with Gasteiger partial charge in [-0.15, -0.1) is 0 Å². The number of ether oxygens (including phenoxy) is 2. The molecule has 0 radical (unpaired) electrons. The molecule has 142 valence electrons. The van der Waals surface area contributed by atoms with Gasteiger partial charge in [-0.1, -0.05) is 17.7 Å². The fourth-order valence-electron chi connectivity index (χ4n) is 2.53. The highest BCUT2D eigenvalue weighted by Crippen LogP contribution is 2.19. The lowest BCUT2D eigenvalue weighted by molar-refractivity contribution is 0.0792. The molecule has 3 aromatic rings. The average Bonchev–Trinajstić information content (AvgIpc) is 3.28. The molecule has 0 spiro atoms. The number of hydrogen-bond acceptors (Lipinski definition) is 5. The highest BCUT2D eigenvalue weighted by molar-refractivity contribution is 6.02. The molecule has 27 heavy (non-hydrogen) atoms. The number of aromatic nitrogens is 4. The first-order chi connectivity index (χ1) is 13.0. The van der Waals surface area contributed by atoms with Gasteiger partial charge in [-0.2, -0.15) is 10.2 Å². The summed E-state index contributed by atoms with van der Waals surface area (Å²) >= 11 is 0. The Bertz CT molecular complexity index is 916. The third-order valence-corrected chi connectivity index (χ3v) is 3.87. The first-order valence-electron chi connectivity index (χ1n) is 8.70. The van der Waals surface area contributed by atoms with Gasteiger partial charge in [-0.25, -0.2) is 9.36 Å². The summed E-state index contributed by atoms with van der Waals surface area (Å²) in [7, 11) is 0. The number of aryl methyl sites for hydroxylation is 2. The molecule has 8 nitrogen and oxygen atoms in total. The maximum Gasteiger partial charge on any atom is 0.276 e. The summed E-state index contributed by atoms with van der Waals surface area (Å²) in [5.74, 6) is 0.486. The van der Waals surface area contributed by atoms with Crippen LogP contribution in [0.15, 0.2) is 42.9 Å². The summed E-state index contributed by atoms with van der Waals surface area (Å²) in [6.07, 6.45) is 4.97. The molecule has 8 heteroatoms. The van der Waals surface area contributed by atoms with E-state index < -0.39 is 0 Å².